The van der Waals surface area contributed by atoms with E-state index < -0.39 is 60.6 Å². The molecule has 0 aliphatic carbocycles. The number of hydrogen-bond acceptors (Lipinski definition) is 11. The first kappa shape index (κ1) is 25.2. The predicted molar refractivity (Wildman–Crippen MR) is 114 cm³/mol. The molecule has 34 heavy (non-hydrogen) atoms. The zero-order valence-corrected chi connectivity index (χ0v) is 18.2. The van der Waals surface area contributed by atoms with Gasteiger partial charge in [-0.25, -0.2) is 0 Å². The Kier molecular flexibility index (Phi) is 7.94. The van der Waals surface area contributed by atoms with Gasteiger partial charge in [-0.05, 0) is 24.1 Å². The van der Waals surface area contributed by atoms with Gasteiger partial charge in [-0.15, -0.1) is 0 Å². The third-order valence-corrected chi connectivity index (χ3v) is 5.29. The van der Waals surface area contributed by atoms with Crippen molar-refractivity contribution in [2.75, 3.05) is 6.61 Å². The molecule has 0 spiro atoms. The highest BCUT2D eigenvalue weighted by atomic mass is 16.7. The lowest BCUT2D eigenvalue weighted by atomic mass is 9.98. The first-order valence-corrected chi connectivity index (χ1v) is 10.4. The molecule has 5 atom stereocenters. The Labute approximate surface area is 194 Å². The predicted octanol–water partition coefficient (Wildman–Crippen LogP) is 0.368. The van der Waals surface area contributed by atoms with Gasteiger partial charge in [0.2, 0.25) is 6.29 Å². The van der Waals surface area contributed by atoms with Crippen molar-refractivity contribution in [3.8, 4) is 23.0 Å². The van der Waals surface area contributed by atoms with Crippen LogP contribution in [0.15, 0.2) is 36.4 Å². The highest BCUT2D eigenvalue weighted by Gasteiger charge is 2.48. The van der Waals surface area contributed by atoms with Crippen molar-refractivity contribution in [3.05, 3.63) is 47.5 Å². The Morgan fingerprint density at radius 2 is 1.68 bits per heavy atom. The average molecular weight is 478 g/mol. The van der Waals surface area contributed by atoms with Crippen LogP contribution in [-0.4, -0.2) is 79.7 Å². The van der Waals surface area contributed by atoms with Crippen LogP contribution in [0, 0.1) is 0 Å². The number of aromatic hydroxyl groups is 3. The van der Waals surface area contributed by atoms with Gasteiger partial charge in [-0.2, -0.15) is 0 Å². The van der Waals surface area contributed by atoms with Gasteiger partial charge in [0.25, 0.3) is 0 Å². The smallest absolute Gasteiger partial charge is 0.303 e. The molecule has 0 unspecified atom stereocenters. The molecule has 0 bridgehead atoms. The summed E-state index contributed by atoms with van der Waals surface area (Å²) in [5, 5.41) is 59.6. The molecule has 2 aromatic carbocycles. The number of carbonyl (C=O) groups excluding carboxylic acids is 2. The fraction of sp³-hybridized carbons (Fsp3) is 0.391. The Bertz CT molecular complexity index is 1020. The maximum absolute atomic E-state index is 12.9. The first-order valence-electron chi connectivity index (χ1n) is 10.4. The second kappa shape index (κ2) is 10.7. The number of hydrogen-bond donors (Lipinski definition) is 6. The van der Waals surface area contributed by atoms with E-state index in [1.807, 2.05) is 0 Å². The Morgan fingerprint density at radius 1 is 1.00 bits per heavy atom. The molecular weight excluding hydrogens is 452 g/mol. The number of phenolic OH excluding ortho intramolecular Hbond substituents is 3. The number of aliphatic hydroxyl groups is 3. The Hall–Kier alpha value is -3.38. The summed E-state index contributed by atoms with van der Waals surface area (Å²) in [5.41, 5.74) is 0.461. The van der Waals surface area contributed by atoms with Gasteiger partial charge in [0.05, 0.1) is 6.61 Å². The summed E-state index contributed by atoms with van der Waals surface area (Å²) >= 11 is 0. The quantitative estimate of drug-likeness (QED) is 0.228. The van der Waals surface area contributed by atoms with Crippen molar-refractivity contribution in [1.29, 1.82) is 0 Å². The van der Waals surface area contributed by atoms with E-state index in [9.17, 15) is 40.2 Å². The van der Waals surface area contributed by atoms with Gasteiger partial charge in [0.15, 0.2) is 11.9 Å². The summed E-state index contributed by atoms with van der Waals surface area (Å²) in [4.78, 5) is 24.5. The van der Waals surface area contributed by atoms with Crippen LogP contribution in [0.4, 0.5) is 0 Å². The lowest BCUT2D eigenvalue weighted by Gasteiger charge is -2.41. The minimum atomic E-state index is -1.70. The molecule has 184 valence electrons. The highest BCUT2D eigenvalue weighted by molar-refractivity contribution is 6.01. The van der Waals surface area contributed by atoms with Crippen LogP contribution in [0.25, 0.3) is 0 Å². The Morgan fingerprint density at radius 3 is 2.29 bits per heavy atom. The molecule has 2 aromatic rings. The molecule has 1 saturated heterocycles. The van der Waals surface area contributed by atoms with Crippen LogP contribution in [0.5, 0.6) is 23.0 Å². The van der Waals surface area contributed by atoms with Gasteiger partial charge in [-0.1, -0.05) is 12.1 Å². The summed E-state index contributed by atoms with van der Waals surface area (Å²) < 4.78 is 16.1. The van der Waals surface area contributed by atoms with Crippen molar-refractivity contribution in [3.63, 3.8) is 0 Å². The van der Waals surface area contributed by atoms with Gasteiger partial charge >= 0.3 is 5.97 Å². The highest BCUT2D eigenvalue weighted by Crippen LogP contribution is 2.36. The van der Waals surface area contributed by atoms with Crippen molar-refractivity contribution in [1.82, 2.24) is 0 Å². The number of phenols is 3. The number of aliphatic hydroxyl groups excluding tert-OH is 3. The van der Waals surface area contributed by atoms with E-state index in [0.717, 1.165) is 24.6 Å². The molecule has 11 nitrogen and oxygen atoms in total. The number of esters is 1. The van der Waals surface area contributed by atoms with E-state index in [4.69, 9.17) is 14.2 Å². The van der Waals surface area contributed by atoms with Gasteiger partial charge < -0.3 is 44.8 Å². The number of ketones is 1. The monoisotopic (exact) mass is 478 g/mol. The van der Waals surface area contributed by atoms with Crippen molar-refractivity contribution < 1.29 is 54.4 Å². The van der Waals surface area contributed by atoms with E-state index in [1.54, 1.807) is 12.1 Å². The van der Waals surface area contributed by atoms with Crippen LogP contribution < -0.4 is 4.74 Å². The fourth-order valence-electron chi connectivity index (χ4n) is 3.60. The molecule has 1 aliphatic rings. The molecule has 0 aromatic heterocycles. The van der Waals surface area contributed by atoms with E-state index >= 15 is 0 Å². The van der Waals surface area contributed by atoms with E-state index in [0.29, 0.717) is 0 Å². The zero-order valence-electron chi connectivity index (χ0n) is 18.2. The van der Waals surface area contributed by atoms with Crippen LogP contribution in [0.3, 0.4) is 0 Å². The van der Waals surface area contributed by atoms with Crippen molar-refractivity contribution >= 4 is 11.8 Å². The summed E-state index contributed by atoms with van der Waals surface area (Å²) in [5.74, 6) is -2.65. The summed E-state index contributed by atoms with van der Waals surface area (Å²) in [7, 11) is 0. The van der Waals surface area contributed by atoms with Crippen molar-refractivity contribution in [2.45, 2.75) is 50.5 Å². The SMILES string of the molecule is CC(=O)O[C@H]1[C@H](Oc2cc(O)cc(O)c2C(=O)CCc2ccc(O)cc2)O[C@H](CO)[C@@H](O)[C@@H]1O. The minimum absolute atomic E-state index is 0.0705. The van der Waals surface area contributed by atoms with Gasteiger partial charge in [-0.3, -0.25) is 9.59 Å². The van der Waals surface area contributed by atoms with Crippen LogP contribution in [-0.2, 0) is 20.7 Å². The topological polar surface area (TPSA) is 183 Å². The number of rotatable bonds is 8. The molecule has 11 heteroatoms. The molecule has 0 saturated carbocycles. The molecule has 3 rings (SSSR count). The number of benzene rings is 2. The summed E-state index contributed by atoms with van der Waals surface area (Å²) in [6, 6.07) is 8.20. The van der Waals surface area contributed by atoms with Gasteiger partial charge in [0.1, 0.15) is 46.9 Å². The molecule has 1 aliphatic heterocycles. The van der Waals surface area contributed by atoms with Crippen molar-refractivity contribution in [2.24, 2.45) is 0 Å². The number of Topliss-reactive ketones (excluding diaryl/α,β-unsaturated/α-hetero) is 1. The normalized spacial score (nSPS) is 24.4. The number of aryl methyl sites for hydroxylation is 1. The summed E-state index contributed by atoms with van der Waals surface area (Å²) in [6.07, 6.45) is -7.53. The third-order valence-electron chi connectivity index (χ3n) is 5.29. The van der Waals surface area contributed by atoms with Crippen LogP contribution >= 0.6 is 0 Å². The molecule has 1 fully saturated rings. The number of ether oxygens (including phenoxy) is 3. The van der Waals surface area contributed by atoms with Crippen LogP contribution in [0.2, 0.25) is 0 Å². The maximum Gasteiger partial charge on any atom is 0.303 e. The molecule has 0 radical (unpaired) electrons. The average Bonchev–Trinajstić information content (AvgIpc) is 2.77. The van der Waals surface area contributed by atoms with E-state index in [-0.39, 0.29) is 29.9 Å². The first-order chi connectivity index (χ1) is 16.1. The van der Waals surface area contributed by atoms with Crippen LogP contribution in [0.1, 0.15) is 29.3 Å². The van der Waals surface area contributed by atoms with E-state index in [1.165, 1.54) is 12.1 Å². The second-order valence-corrected chi connectivity index (χ2v) is 7.83. The molecular formula is C23H26O11. The fourth-order valence-corrected chi connectivity index (χ4v) is 3.60. The number of carbonyl (C=O) groups is 2. The maximum atomic E-state index is 12.9. The summed E-state index contributed by atoms with van der Waals surface area (Å²) in [6.45, 7) is 0.362. The molecule has 0 amide bonds. The standard InChI is InChI=1S/C23H26O11/c1-11(25)32-22-21(31)20(30)18(10-24)34-23(22)33-17-9-14(27)8-16(29)19(17)15(28)7-4-12-2-5-13(26)6-3-12/h2-3,5-6,8-9,18,20-24,26-27,29-31H,4,7,10H2,1H3/t18-,20-,21+,22-,23-/m1/s1. The Balaban J connectivity index is 1.88. The molecule has 1 heterocycles. The lowest BCUT2D eigenvalue weighted by Crippen LogP contribution is -2.61. The molecule has 6 N–H and O–H groups in total. The third kappa shape index (κ3) is 5.75. The lowest BCUT2D eigenvalue weighted by molar-refractivity contribution is -0.281. The van der Waals surface area contributed by atoms with E-state index in [2.05, 4.69) is 0 Å². The largest absolute Gasteiger partial charge is 0.508 e. The second-order valence-electron chi connectivity index (χ2n) is 7.83. The van der Waals surface area contributed by atoms with Gasteiger partial charge in [0, 0.05) is 25.5 Å². The zero-order chi connectivity index (χ0) is 25.0. The minimum Gasteiger partial charge on any atom is -0.508 e.